The van der Waals surface area contributed by atoms with Gasteiger partial charge >= 0.3 is 0 Å². The molecule has 5 N–H and O–H groups in total. The Morgan fingerprint density at radius 3 is 2.83 bits per heavy atom. The molecule has 7 heteroatoms. The van der Waals surface area contributed by atoms with E-state index in [9.17, 15) is 9.90 Å². The summed E-state index contributed by atoms with van der Waals surface area (Å²) in [5.41, 5.74) is 4.93. The van der Waals surface area contributed by atoms with Crippen molar-refractivity contribution in [2.75, 3.05) is 6.54 Å². The molecular weight excluding hydrogens is 384 g/mol. The minimum Gasteiger partial charge on any atom is -0.494 e. The molecule has 6 nitrogen and oxygen atoms in total. The fourth-order valence-corrected chi connectivity index (χ4v) is 4.64. The second-order valence-electron chi connectivity index (χ2n) is 7.49. The van der Waals surface area contributed by atoms with Gasteiger partial charge < -0.3 is 15.4 Å². The van der Waals surface area contributed by atoms with Gasteiger partial charge in [-0.25, -0.2) is 0 Å². The molecule has 2 aromatic heterocycles. The number of nitrogens with zero attached hydrogens (tertiary/aromatic N) is 1. The largest absolute Gasteiger partial charge is 0.494 e. The Morgan fingerprint density at radius 1 is 1.17 bits per heavy atom. The first-order valence-electron chi connectivity index (χ1n) is 9.62. The van der Waals surface area contributed by atoms with Crippen LogP contribution in [0.2, 0.25) is 0 Å². The highest BCUT2D eigenvalue weighted by atomic mass is 32.1. The molecule has 1 aliphatic heterocycles. The zero-order chi connectivity index (χ0) is 20.1. The Bertz CT molecular complexity index is 1370. The number of nitrogens with one attached hydrogen (secondary N) is 2. The van der Waals surface area contributed by atoms with E-state index in [4.69, 9.17) is 12.2 Å². The standard InChI is InChI=1S/C22H20N4O2S/c1-12-5-4-6-13(11-12)26-21(28)17(20(27)25-22(26)29)19-18-15(9-10-23-19)14-7-2-3-8-16(14)24-18/h2-8,11,19,23-24,28H,9-10H2,1H3,(H,25,27,29)/p+1/t19-/m0/s1. The van der Waals surface area contributed by atoms with Gasteiger partial charge in [-0.1, -0.05) is 30.3 Å². The van der Waals surface area contributed by atoms with Crippen molar-refractivity contribution in [1.29, 1.82) is 0 Å². The van der Waals surface area contributed by atoms with Crippen LogP contribution in [-0.2, 0) is 6.42 Å². The third-order valence-corrected chi connectivity index (χ3v) is 5.93. The quantitative estimate of drug-likeness (QED) is 0.387. The maximum absolute atomic E-state index is 12.9. The van der Waals surface area contributed by atoms with Gasteiger partial charge in [-0.05, 0) is 48.5 Å². The lowest BCUT2D eigenvalue weighted by molar-refractivity contribution is -0.690. The molecule has 0 radical (unpaired) electrons. The number of quaternary nitrogens is 1. The van der Waals surface area contributed by atoms with Crippen LogP contribution in [0.5, 0.6) is 5.88 Å². The first kappa shape index (κ1) is 17.9. The van der Waals surface area contributed by atoms with Gasteiger partial charge in [-0.15, -0.1) is 0 Å². The van der Waals surface area contributed by atoms with Gasteiger partial charge in [0.2, 0.25) is 5.88 Å². The maximum atomic E-state index is 12.9. The van der Waals surface area contributed by atoms with Crippen molar-refractivity contribution in [3.63, 3.8) is 0 Å². The number of hydrogen-bond acceptors (Lipinski definition) is 3. The smallest absolute Gasteiger partial charge is 0.265 e. The van der Waals surface area contributed by atoms with E-state index in [1.165, 1.54) is 15.5 Å². The molecule has 0 amide bonds. The van der Waals surface area contributed by atoms with Crippen molar-refractivity contribution < 1.29 is 10.4 Å². The summed E-state index contributed by atoms with van der Waals surface area (Å²) in [5, 5.41) is 14.4. The number of aromatic hydroxyl groups is 1. The number of rotatable bonds is 2. The number of nitrogens with two attached hydrogens (primary N) is 1. The van der Waals surface area contributed by atoms with Crippen molar-refractivity contribution in [2.24, 2.45) is 0 Å². The van der Waals surface area contributed by atoms with Crippen LogP contribution in [0.4, 0.5) is 0 Å². The number of aryl methyl sites for hydroxylation is 1. The molecule has 29 heavy (non-hydrogen) atoms. The first-order chi connectivity index (χ1) is 14.0. The molecule has 0 saturated carbocycles. The lowest BCUT2D eigenvalue weighted by Crippen LogP contribution is -2.87. The summed E-state index contributed by atoms with van der Waals surface area (Å²) in [4.78, 5) is 19.1. The predicted octanol–water partition coefficient (Wildman–Crippen LogP) is 2.60. The van der Waals surface area contributed by atoms with Gasteiger partial charge in [-0.3, -0.25) is 14.3 Å². The molecule has 0 spiro atoms. The summed E-state index contributed by atoms with van der Waals surface area (Å²) < 4.78 is 1.71. The van der Waals surface area contributed by atoms with Crippen LogP contribution in [0.25, 0.3) is 16.6 Å². The average Bonchev–Trinajstić information content (AvgIpc) is 3.07. The lowest BCUT2D eigenvalue weighted by atomic mass is 9.95. The predicted molar refractivity (Wildman–Crippen MR) is 114 cm³/mol. The van der Waals surface area contributed by atoms with Crippen molar-refractivity contribution >= 4 is 23.1 Å². The number of fused-ring (bicyclic) bond motifs is 3. The first-order valence-corrected chi connectivity index (χ1v) is 10.0. The van der Waals surface area contributed by atoms with Gasteiger partial charge in [-0.2, -0.15) is 0 Å². The number of hydrogen-bond donors (Lipinski definition) is 4. The molecule has 146 valence electrons. The fourth-order valence-electron chi connectivity index (χ4n) is 4.36. The van der Waals surface area contributed by atoms with Crippen LogP contribution >= 0.6 is 12.2 Å². The second kappa shape index (κ2) is 6.72. The third kappa shape index (κ3) is 2.82. The summed E-state index contributed by atoms with van der Waals surface area (Å²) in [6.07, 6.45) is 0.908. The van der Waals surface area contributed by atoms with Crippen LogP contribution < -0.4 is 10.9 Å². The van der Waals surface area contributed by atoms with E-state index in [-0.39, 0.29) is 22.3 Å². The minimum atomic E-state index is -0.357. The Hall–Kier alpha value is -3.16. The van der Waals surface area contributed by atoms with E-state index >= 15 is 0 Å². The molecule has 0 unspecified atom stereocenters. The van der Waals surface area contributed by atoms with Crippen LogP contribution in [0.3, 0.4) is 0 Å². The molecule has 0 aliphatic carbocycles. The lowest BCUT2D eigenvalue weighted by Gasteiger charge is -2.22. The Morgan fingerprint density at radius 2 is 2.00 bits per heavy atom. The molecule has 1 atom stereocenters. The topological polar surface area (TPSA) is 90.4 Å². The van der Waals surface area contributed by atoms with Gasteiger partial charge in [0.15, 0.2) is 10.8 Å². The number of benzene rings is 2. The van der Waals surface area contributed by atoms with Gasteiger partial charge in [0.1, 0.15) is 5.56 Å². The van der Waals surface area contributed by atoms with Crippen LogP contribution in [0.1, 0.15) is 28.4 Å². The average molecular weight is 406 g/mol. The van der Waals surface area contributed by atoms with E-state index in [0.717, 1.165) is 35.4 Å². The maximum Gasteiger partial charge on any atom is 0.265 e. The van der Waals surface area contributed by atoms with E-state index in [2.05, 4.69) is 21.4 Å². The Labute approximate surface area is 171 Å². The molecule has 1 aliphatic rings. The fraction of sp³-hybridized carbons (Fsp3) is 0.182. The Kier molecular flexibility index (Phi) is 4.15. The normalized spacial score (nSPS) is 16.1. The van der Waals surface area contributed by atoms with Crippen molar-refractivity contribution in [3.8, 4) is 11.6 Å². The van der Waals surface area contributed by atoms with Gasteiger partial charge in [0.05, 0.1) is 17.9 Å². The van der Waals surface area contributed by atoms with E-state index < -0.39 is 0 Å². The van der Waals surface area contributed by atoms with Gasteiger partial charge in [0, 0.05) is 17.3 Å². The summed E-state index contributed by atoms with van der Waals surface area (Å²) in [6.45, 7) is 2.81. The molecule has 2 aromatic carbocycles. The highest BCUT2D eigenvalue weighted by Crippen LogP contribution is 2.33. The number of aromatic amines is 2. The van der Waals surface area contributed by atoms with Crippen LogP contribution in [0, 0.1) is 11.7 Å². The minimum absolute atomic E-state index is 0.114. The zero-order valence-corrected chi connectivity index (χ0v) is 16.7. The number of aromatic nitrogens is 3. The van der Waals surface area contributed by atoms with E-state index in [1.54, 1.807) is 0 Å². The van der Waals surface area contributed by atoms with Crippen LogP contribution in [0.15, 0.2) is 53.3 Å². The van der Waals surface area contributed by atoms with Crippen molar-refractivity contribution in [1.82, 2.24) is 14.5 Å². The monoisotopic (exact) mass is 405 g/mol. The highest BCUT2D eigenvalue weighted by Gasteiger charge is 2.34. The molecule has 3 heterocycles. The highest BCUT2D eigenvalue weighted by molar-refractivity contribution is 7.71. The SMILES string of the molecule is Cc1cccc(-n2c(O)c([C@@H]3[NH2+]CCc4c3[nH]c3ccccc43)c(=O)[nH]c2=S)c1. The summed E-state index contributed by atoms with van der Waals surface area (Å²) in [7, 11) is 0. The summed E-state index contributed by atoms with van der Waals surface area (Å²) in [6, 6.07) is 15.5. The molecule has 4 aromatic rings. The van der Waals surface area contributed by atoms with Crippen molar-refractivity contribution in [3.05, 3.63) is 86.0 Å². The summed E-state index contributed by atoms with van der Waals surface area (Å²) in [5.74, 6) is -0.114. The van der Waals surface area contributed by atoms with Crippen LogP contribution in [-0.4, -0.2) is 26.2 Å². The number of para-hydroxylation sites is 1. The molecule has 5 rings (SSSR count). The molecular formula is C22H21N4O2S+. The molecule has 0 saturated heterocycles. The Balaban J connectivity index is 1.75. The third-order valence-electron chi connectivity index (χ3n) is 5.65. The van der Waals surface area contributed by atoms with Crippen molar-refractivity contribution in [2.45, 2.75) is 19.4 Å². The van der Waals surface area contributed by atoms with E-state index in [1.807, 2.05) is 49.4 Å². The van der Waals surface area contributed by atoms with Gasteiger partial charge in [0.25, 0.3) is 5.56 Å². The zero-order valence-electron chi connectivity index (χ0n) is 15.9. The summed E-state index contributed by atoms with van der Waals surface area (Å²) >= 11 is 5.37. The van der Waals surface area contributed by atoms with E-state index in [0.29, 0.717) is 5.56 Å². The number of H-pyrrole nitrogens is 2. The molecule has 0 bridgehead atoms. The molecule has 0 fully saturated rings. The second-order valence-corrected chi connectivity index (χ2v) is 7.87.